The molecule has 1 aromatic heterocycles. The number of methoxy groups -OCH3 is 1. The van der Waals surface area contributed by atoms with Gasteiger partial charge >= 0.3 is 0 Å². The fraction of sp³-hybridized carbons (Fsp3) is 0.0625. The first kappa shape index (κ1) is 13.7. The van der Waals surface area contributed by atoms with Crippen LogP contribution in [0.25, 0.3) is 10.1 Å². The van der Waals surface area contributed by atoms with Gasteiger partial charge < -0.3 is 4.74 Å². The quantitative estimate of drug-likeness (QED) is 0.670. The van der Waals surface area contributed by atoms with Crippen molar-refractivity contribution in [1.82, 2.24) is 0 Å². The molecule has 5 heteroatoms. The fourth-order valence-corrected chi connectivity index (χ4v) is 3.15. The second kappa shape index (κ2) is 5.26. The third kappa shape index (κ3) is 2.52. The standard InChI is InChI=1S/C16H10F2O2S/c1-20-13-5-4-10(17)7-12(13)16(19)15-6-9-2-3-11(18)8-14(9)21-15/h2-8H,1H3. The average Bonchev–Trinajstić information content (AvgIpc) is 2.89. The molecule has 0 fully saturated rings. The van der Waals surface area contributed by atoms with Gasteiger partial charge in [-0.25, -0.2) is 8.78 Å². The molecule has 3 rings (SSSR count). The first-order valence-electron chi connectivity index (χ1n) is 6.16. The zero-order chi connectivity index (χ0) is 15.0. The summed E-state index contributed by atoms with van der Waals surface area (Å²) in [5.74, 6) is -0.893. The van der Waals surface area contributed by atoms with Crippen molar-refractivity contribution in [2.45, 2.75) is 0 Å². The zero-order valence-corrected chi connectivity index (χ0v) is 11.8. The van der Waals surface area contributed by atoms with E-state index in [-0.39, 0.29) is 17.2 Å². The maximum atomic E-state index is 13.4. The lowest BCUT2D eigenvalue weighted by Crippen LogP contribution is -2.02. The number of ether oxygens (including phenoxy) is 1. The molecule has 0 unspecified atom stereocenters. The molecular formula is C16H10F2O2S. The average molecular weight is 304 g/mol. The van der Waals surface area contributed by atoms with Crippen LogP contribution in [0.2, 0.25) is 0 Å². The summed E-state index contributed by atoms with van der Waals surface area (Å²) < 4.78 is 32.3. The summed E-state index contributed by atoms with van der Waals surface area (Å²) in [4.78, 5) is 12.9. The molecule has 0 aliphatic heterocycles. The Morgan fingerprint density at radius 3 is 2.52 bits per heavy atom. The van der Waals surface area contributed by atoms with Crippen molar-refractivity contribution in [3.05, 3.63) is 64.5 Å². The number of hydrogen-bond acceptors (Lipinski definition) is 3. The number of hydrogen-bond donors (Lipinski definition) is 0. The minimum Gasteiger partial charge on any atom is -0.496 e. The first-order valence-corrected chi connectivity index (χ1v) is 6.97. The van der Waals surface area contributed by atoms with Crippen molar-refractivity contribution in [3.8, 4) is 5.75 Å². The molecule has 0 amide bonds. The molecule has 0 saturated carbocycles. The molecule has 0 saturated heterocycles. The lowest BCUT2D eigenvalue weighted by Gasteiger charge is -2.06. The Morgan fingerprint density at radius 2 is 1.76 bits per heavy atom. The molecule has 0 atom stereocenters. The van der Waals surface area contributed by atoms with E-state index in [1.807, 2.05) is 0 Å². The number of carbonyl (C=O) groups is 1. The van der Waals surface area contributed by atoms with E-state index in [0.717, 1.165) is 11.5 Å². The molecule has 3 aromatic rings. The third-order valence-electron chi connectivity index (χ3n) is 3.11. The van der Waals surface area contributed by atoms with Gasteiger partial charge in [-0.15, -0.1) is 11.3 Å². The van der Waals surface area contributed by atoms with Gasteiger partial charge in [-0.05, 0) is 41.8 Å². The van der Waals surface area contributed by atoms with E-state index < -0.39 is 5.82 Å². The van der Waals surface area contributed by atoms with Crippen LogP contribution in [0.15, 0.2) is 42.5 Å². The Labute approximate surface area is 123 Å². The monoisotopic (exact) mass is 304 g/mol. The lowest BCUT2D eigenvalue weighted by atomic mass is 10.1. The summed E-state index contributed by atoms with van der Waals surface area (Å²) in [6.07, 6.45) is 0. The molecule has 0 aliphatic rings. The number of carbonyl (C=O) groups excluding carboxylic acids is 1. The highest BCUT2D eigenvalue weighted by molar-refractivity contribution is 7.21. The Kier molecular flexibility index (Phi) is 3.43. The van der Waals surface area contributed by atoms with Crippen LogP contribution in [0.3, 0.4) is 0 Å². The summed E-state index contributed by atoms with van der Waals surface area (Å²) in [5.41, 5.74) is 0.157. The van der Waals surface area contributed by atoms with Crippen LogP contribution in [-0.2, 0) is 0 Å². The molecule has 106 valence electrons. The lowest BCUT2D eigenvalue weighted by molar-refractivity contribution is 0.103. The summed E-state index contributed by atoms with van der Waals surface area (Å²) in [6.45, 7) is 0. The maximum Gasteiger partial charge on any atom is 0.206 e. The van der Waals surface area contributed by atoms with Crippen molar-refractivity contribution in [3.63, 3.8) is 0 Å². The van der Waals surface area contributed by atoms with Gasteiger partial charge in [0.05, 0.1) is 17.6 Å². The molecule has 0 aliphatic carbocycles. The SMILES string of the molecule is COc1ccc(F)cc1C(=O)c1cc2ccc(F)cc2s1. The van der Waals surface area contributed by atoms with Gasteiger partial charge in [-0.2, -0.15) is 0 Å². The topological polar surface area (TPSA) is 26.3 Å². The molecule has 0 N–H and O–H groups in total. The number of benzene rings is 2. The van der Waals surface area contributed by atoms with Gasteiger partial charge in [-0.1, -0.05) is 6.07 Å². The van der Waals surface area contributed by atoms with Crippen molar-refractivity contribution in [2.24, 2.45) is 0 Å². The fourth-order valence-electron chi connectivity index (χ4n) is 2.11. The summed E-state index contributed by atoms with van der Waals surface area (Å²) in [5, 5.41) is 0.778. The van der Waals surface area contributed by atoms with E-state index in [2.05, 4.69) is 0 Å². The molecule has 0 spiro atoms. The van der Waals surface area contributed by atoms with Crippen molar-refractivity contribution in [2.75, 3.05) is 7.11 Å². The second-order valence-electron chi connectivity index (χ2n) is 4.47. The maximum absolute atomic E-state index is 13.4. The normalized spacial score (nSPS) is 10.8. The molecule has 2 nitrogen and oxygen atoms in total. The smallest absolute Gasteiger partial charge is 0.206 e. The van der Waals surface area contributed by atoms with E-state index in [1.165, 1.54) is 42.7 Å². The van der Waals surface area contributed by atoms with Gasteiger partial charge in [0, 0.05) is 4.70 Å². The number of fused-ring (bicyclic) bond motifs is 1. The zero-order valence-electron chi connectivity index (χ0n) is 11.0. The Morgan fingerprint density at radius 1 is 1.05 bits per heavy atom. The molecule has 2 aromatic carbocycles. The van der Waals surface area contributed by atoms with E-state index >= 15 is 0 Å². The van der Waals surface area contributed by atoms with Crippen LogP contribution in [0.1, 0.15) is 15.2 Å². The number of halogens is 2. The van der Waals surface area contributed by atoms with E-state index in [0.29, 0.717) is 15.3 Å². The van der Waals surface area contributed by atoms with Crippen LogP contribution >= 0.6 is 11.3 Å². The van der Waals surface area contributed by atoms with Crippen LogP contribution in [0.4, 0.5) is 8.78 Å². The van der Waals surface area contributed by atoms with Gasteiger partial charge in [0.25, 0.3) is 0 Å². The largest absolute Gasteiger partial charge is 0.496 e. The Hall–Kier alpha value is -2.27. The van der Waals surface area contributed by atoms with Gasteiger partial charge in [0.1, 0.15) is 17.4 Å². The van der Waals surface area contributed by atoms with E-state index in [1.54, 1.807) is 12.1 Å². The minimum atomic E-state index is -0.508. The van der Waals surface area contributed by atoms with Crippen molar-refractivity contribution >= 4 is 27.2 Å². The van der Waals surface area contributed by atoms with Gasteiger partial charge in [-0.3, -0.25) is 4.79 Å². The van der Waals surface area contributed by atoms with Crippen LogP contribution in [0, 0.1) is 11.6 Å². The number of thiophene rings is 1. The molecule has 0 bridgehead atoms. The van der Waals surface area contributed by atoms with Crippen molar-refractivity contribution in [1.29, 1.82) is 0 Å². The highest BCUT2D eigenvalue weighted by Crippen LogP contribution is 2.30. The first-order chi connectivity index (χ1) is 10.1. The Bertz CT molecular complexity index is 839. The predicted octanol–water partition coefficient (Wildman–Crippen LogP) is 4.42. The predicted molar refractivity (Wildman–Crippen MR) is 78.2 cm³/mol. The molecule has 0 radical (unpaired) electrons. The Balaban J connectivity index is 2.10. The summed E-state index contributed by atoms with van der Waals surface area (Å²) >= 11 is 1.17. The number of ketones is 1. The van der Waals surface area contributed by atoms with Crippen LogP contribution < -0.4 is 4.74 Å². The third-order valence-corrected chi connectivity index (χ3v) is 4.21. The van der Waals surface area contributed by atoms with Gasteiger partial charge in [0.15, 0.2) is 0 Å². The second-order valence-corrected chi connectivity index (χ2v) is 5.55. The van der Waals surface area contributed by atoms with Crippen LogP contribution in [0.5, 0.6) is 5.75 Å². The van der Waals surface area contributed by atoms with Crippen molar-refractivity contribution < 1.29 is 18.3 Å². The van der Waals surface area contributed by atoms with Gasteiger partial charge in [0.2, 0.25) is 5.78 Å². The highest BCUT2D eigenvalue weighted by atomic mass is 32.1. The molecular weight excluding hydrogens is 294 g/mol. The van der Waals surface area contributed by atoms with E-state index in [4.69, 9.17) is 4.74 Å². The highest BCUT2D eigenvalue weighted by Gasteiger charge is 2.18. The minimum absolute atomic E-state index is 0.157. The number of rotatable bonds is 3. The van der Waals surface area contributed by atoms with E-state index in [9.17, 15) is 13.6 Å². The summed E-state index contributed by atoms with van der Waals surface area (Å²) in [7, 11) is 1.42. The molecule has 21 heavy (non-hydrogen) atoms. The summed E-state index contributed by atoms with van der Waals surface area (Å²) in [6, 6.07) is 9.79. The molecule has 1 heterocycles. The van der Waals surface area contributed by atoms with Crippen LogP contribution in [-0.4, -0.2) is 12.9 Å².